The molecule has 3 amide bonds. The summed E-state index contributed by atoms with van der Waals surface area (Å²) < 4.78 is 4.78. The molecule has 1 spiro atoms. The van der Waals surface area contributed by atoms with Crippen LogP contribution >= 0.6 is 27.7 Å². The summed E-state index contributed by atoms with van der Waals surface area (Å²) in [5.74, 6) is -1.18. The number of aliphatic hydroxyl groups excluding tert-OH is 1. The molecule has 1 N–H and O–H groups in total. The maximum Gasteiger partial charge on any atom is 0.247 e. The SMILES string of the molecule is C=CCN(C(=O)[C@H]1[C@@H]2SC3(CC2Br)C(C(=O)N(CC=C)C(C)(C)C)N([C@@H](CC)CO)C(=O)[C@H]13)c1ccc(OCC)cc1. The van der Waals surface area contributed by atoms with Gasteiger partial charge in [0.2, 0.25) is 17.7 Å². The average molecular weight is 663 g/mol. The van der Waals surface area contributed by atoms with Gasteiger partial charge in [-0.25, -0.2) is 0 Å². The normalized spacial score (nSPS) is 28.8. The molecule has 3 unspecified atom stereocenters. The Labute approximate surface area is 262 Å². The number of carbonyl (C=O) groups is 3. The van der Waals surface area contributed by atoms with Crippen molar-refractivity contribution in [1.29, 1.82) is 0 Å². The zero-order valence-corrected chi connectivity index (χ0v) is 27.7. The molecule has 3 aliphatic heterocycles. The summed E-state index contributed by atoms with van der Waals surface area (Å²) in [5.41, 5.74) is 0.173. The molecule has 42 heavy (non-hydrogen) atoms. The maximum atomic E-state index is 14.6. The molecule has 0 radical (unpaired) electrons. The number of hydrogen-bond donors (Lipinski definition) is 1. The minimum absolute atomic E-state index is 0.0571. The van der Waals surface area contributed by atoms with Crippen LogP contribution in [0.25, 0.3) is 0 Å². The Bertz CT molecular complexity index is 1200. The van der Waals surface area contributed by atoms with Gasteiger partial charge in [-0.15, -0.1) is 24.9 Å². The van der Waals surface area contributed by atoms with Crippen molar-refractivity contribution in [3.63, 3.8) is 0 Å². The van der Waals surface area contributed by atoms with E-state index in [0.29, 0.717) is 37.4 Å². The van der Waals surface area contributed by atoms with Crippen LogP contribution in [0.5, 0.6) is 5.75 Å². The molecule has 1 aromatic carbocycles. The molecule has 0 saturated carbocycles. The number of hydrogen-bond acceptors (Lipinski definition) is 6. The monoisotopic (exact) mass is 661 g/mol. The Morgan fingerprint density at radius 2 is 1.83 bits per heavy atom. The van der Waals surface area contributed by atoms with E-state index in [0.717, 1.165) is 0 Å². The standard InChI is InChI=1S/C32H44BrN3O5S/c1-8-16-34(21-12-14-22(15-13-21)41-11-4)28(38)24-25-29(39)36(20(10-3)19-37)27(32(25)18-23(33)26(24)42-32)30(40)35(17-9-2)31(5,6)7/h8-9,12-15,20,23-27,37H,1-2,10-11,16-19H2,3-7H3/t20-,23?,24+,25-,26+,27?,32?/m0/s1. The molecule has 230 valence electrons. The molecule has 4 rings (SSSR count). The van der Waals surface area contributed by atoms with Crippen molar-refractivity contribution >= 4 is 51.1 Å². The van der Waals surface area contributed by atoms with Gasteiger partial charge in [-0.3, -0.25) is 14.4 Å². The first kappa shape index (κ1) is 32.6. The lowest BCUT2D eigenvalue weighted by Crippen LogP contribution is -2.60. The minimum Gasteiger partial charge on any atom is -0.494 e. The first-order valence-electron chi connectivity index (χ1n) is 14.7. The number of rotatable bonds is 12. The Balaban J connectivity index is 1.81. The van der Waals surface area contributed by atoms with Crippen LogP contribution in [0.4, 0.5) is 5.69 Å². The molecule has 1 aromatic rings. The molecular weight excluding hydrogens is 618 g/mol. The molecule has 3 saturated heterocycles. The third kappa shape index (κ3) is 5.43. The summed E-state index contributed by atoms with van der Waals surface area (Å²) in [7, 11) is 0. The number of thioether (sulfide) groups is 1. The Morgan fingerprint density at radius 1 is 1.19 bits per heavy atom. The van der Waals surface area contributed by atoms with Gasteiger partial charge in [-0.05, 0) is 64.8 Å². The lowest BCUT2D eigenvalue weighted by Gasteiger charge is -2.43. The van der Waals surface area contributed by atoms with E-state index >= 15 is 0 Å². The smallest absolute Gasteiger partial charge is 0.247 e. The first-order chi connectivity index (χ1) is 19.9. The second-order valence-corrected chi connectivity index (χ2v) is 14.9. The van der Waals surface area contributed by atoms with Crippen LogP contribution in [0.1, 0.15) is 47.5 Å². The van der Waals surface area contributed by atoms with Crippen LogP contribution in [-0.2, 0) is 14.4 Å². The fourth-order valence-corrected chi connectivity index (χ4v) is 10.5. The van der Waals surface area contributed by atoms with E-state index in [1.165, 1.54) is 0 Å². The van der Waals surface area contributed by atoms with Gasteiger partial charge in [-0.1, -0.05) is 35.0 Å². The highest BCUT2D eigenvalue weighted by atomic mass is 79.9. The zero-order chi connectivity index (χ0) is 31.0. The lowest BCUT2D eigenvalue weighted by molar-refractivity contribution is -0.148. The number of alkyl halides is 1. The van der Waals surface area contributed by atoms with Gasteiger partial charge < -0.3 is 24.5 Å². The van der Waals surface area contributed by atoms with Crippen molar-refractivity contribution < 1.29 is 24.2 Å². The number of nitrogens with zero attached hydrogens (tertiary/aromatic N) is 3. The van der Waals surface area contributed by atoms with Gasteiger partial charge in [0.05, 0.1) is 35.8 Å². The fraction of sp³-hybridized carbons (Fsp3) is 0.594. The van der Waals surface area contributed by atoms with Crippen LogP contribution < -0.4 is 9.64 Å². The molecular formula is C32H44BrN3O5S. The highest BCUT2D eigenvalue weighted by molar-refractivity contribution is 9.09. The quantitative estimate of drug-likeness (QED) is 0.259. The van der Waals surface area contributed by atoms with E-state index in [1.807, 2.05) is 58.9 Å². The van der Waals surface area contributed by atoms with Crippen molar-refractivity contribution in [2.75, 3.05) is 31.2 Å². The first-order valence-corrected chi connectivity index (χ1v) is 16.5. The Morgan fingerprint density at radius 3 is 2.36 bits per heavy atom. The zero-order valence-electron chi connectivity index (χ0n) is 25.3. The van der Waals surface area contributed by atoms with Crippen LogP contribution in [0, 0.1) is 11.8 Å². The Hall–Kier alpha value is -2.30. The van der Waals surface area contributed by atoms with Gasteiger partial charge in [-0.2, -0.15) is 0 Å². The number of likely N-dealkylation sites (tertiary alicyclic amines) is 1. The van der Waals surface area contributed by atoms with Crippen LogP contribution in [0.3, 0.4) is 0 Å². The largest absolute Gasteiger partial charge is 0.494 e. The van der Waals surface area contributed by atoms with Crippen molar-refractivity contribution in [3.05, 3.63) is 49.6 Å². The van der Waals surface area contributed by atoms with Gasteiger partial charge in [0, 0.05) is 34.4 Å². The maximum absolute atomic E-state index is 14.6. The van der Waals surface area contributed by atoms with E-state index in [4.69, 9.17) is 4.74 Å². The van der Waals surface area contributed by atoms with Crippen molar-refractivity contribution in [2.45, 2.75) is 79.9 Å². The summed E-state index contributed by atoms with van der Waals surface area (Å²) in [6, 6.07) is 6.01. The van der Waals surface area contributed by atoms with E-state index in [9.17, 15) is 19.5 Å². The summed E-state index contributed by atoms with van der Waals surface area (Å²) >= 11 is 5.46. The number of amides is 3. The number of ether oxygens (including phenoxy) is 1. The molecule has 2 bridgehead atoms. The molecule has 0 aromatic heterocycles. The van der Waals surface area contributed by atoms with Gasteiger partial charge in [0.15, 0.2) is 0 Å². The van der Waals surface area contributed by atoms with Crippen LogP contribution in [-0.4, -0.2) is 91.4 Å². The molecule has 7 atom stereocenters. The summed E-state index contributed by atoms with van der Waals surface area (Å²) in [5, 5.41) is 10.2. The number of benzene rings is 1. The summed E-state index contributed by atoms with van der Waals surface area (Å²) in [4.78, 5) is 48.6. The molecule has 3 aliphatic rings. The third-order valence-corrected chi connectivity index (χ3v) is 12.0. The molecule has 3 fully saturated rings. The number of anilines is 1. The predicted octanol–water partition coefficient (Wildman–Crippen LogP) is 4.65. The third-order valence-electron chi connectivity index (χ3n) is 8.75. The summed E-state index contributed by atoms with van der Waals surface area (Å²) in [6.07, 6.45) is 4.45. The number of aliphatic hydroxyl groups is 1. The highest BCUT2D eigenvalue weighted by Crippen LogP contribution is 2.68. The van der Waals surface area contributed by atoms with Gasteiger partial charge in [0.1, 0.15) is 11.8 Å². The molecule has 8 nitrogen and oxygen atoms in total. The van der Waals surface area contributed by atoms with E-state index in [1.54, 1.807) is 38.6 Å². The van der Waals surface area contributed by atoms with Gasteiger partial charge in [0.25, 0.3) is 0 Å². The van der Waals surface area contributed by atoms with Crippen LogP contribution in [0.2, 0.25) is 0 Å². The average Bonchev–Trinajstić information content (AvgIpc) is 3.54. The highest BCUT2D eigenvalue weighted by Gasteiger charge is 2.76. The summed E-state index contributed by atoms with van der Waals surface area (Å²) in [6.45, 7) is 18.4. The number of halogens is 1. The minimum atomic E-state index is -0.808. The molecule has 10 heteroatoms. The van der Waals surface area contributed by atoms with E-state index in [-0.39, 0.29) is 41.0 Å². The predicted molar refractivity (Wildman–Crippen MR) is 172 cm³/mol. The van der Waals surface area contributed by atoms with E-state index < -0.39 is 34.2 Å². The topological polar surface area (TPSA) is 90.4 Å². The fourth-order valence-electron chi connectivity index (χ4n) is 6.93. The van der Waals surface area contributed by atoms with Crippen molar-refractivity contribution in [1.82, 2.24) is 9.80 Å². The Kier molecular flexibility index (Phi) is 9.89. The lowest BCUT2D eigenvalue weighted by atomic mass is 9.70. The second kappa shape index (κ2) is 12.7. The molecule has 0 aliphatic carbocycles. The van der Waals surface area contributed by atoms with E-state index in [2.05, 4.69) is 29.1 Å². The number of fused-ring (bicyclic) bond motifs is 1. The van der Waals surface area contributed by atoms with Crippen molar-refractivity contribution in [2.24, 2.45) is 11.8 Å². The van der Waals surface area contributed by atoms with Gasteiger partial charge >= 0.3 is 0 Å². The van der Waals surface area contributed by atoms with Crippen LogP contribution in [0.15, 0.2) is 49.6 Å². The van der Waals surface area contributed by atoms with Crippen molar-refractivity contribution in [3.8, 4) is 5.75 Å². The number of carbonyl (C=O) groups excluding carboxylic acids is 3. The molecule has 3 heterocycles. The second-order valence-electron chi connectivity index (χ2n) is 12.2.